The quantitative estimate of drug-likeness (QED) is 0.936. The summed E-state index contributed by atoms with van der Waals surface area (Å²) in [4.78, 5) is 14.1. The molecular weight excluding hydrogens is 298 g/mol. The third-order valence-electron chi connectivity index (χ3n) is 4.17. The number of carbonyl (C=O) groups is 1. The van der Waals surface area contributed by atoms with Crippen LogP contribution < -0.4 is 5.32 Å². The molecule has 2 aromatic rings. The first-order valence-corrected chi connectivity index (χ1v) is 7.57. The van der Waals surface area contributed by atoms with Crippen molar-refractivity contribution in [1.82, 2.24) is 4.90 Å². The third kappa shape index (κ3) is 3.56. The average molecular weight is 316 g/mol. The van der Waals surface area contributed by atoms with Gasteiger partial charge in [0.2, 0.25) is 5.91 Å². The summed E-state index contributed by atoms with van der Waals surface area (Å²) in [5, 5.41) is 2.54. The number of amides is 1. The lowest BCUT2D eigenvalue weighted by molar-refractivity contribution is -0.117. The number of fused-ring (bicyclic) bond motifs is 1. The highest BCUT2D eigenvalue weighted by atomic mass is 19.1. The number of hydrogen-bond donors (Lipinski definition) is 1. The summed E-state index contributed by atoms with van der Waals surface area (Å²) in [5.41, 5.74) is 2.70. The second kappa shape index (κ2) is 6.46. The molecule has 1 atom stereocenters. The zero-order valence-electron chi connectivity index (χ0n) is 12.9. The molecule has 5 heteroatoms. The van der Waals surface area contributed by atoms with Crippen molar-refractivity contribution in [2.24, 2.45) is 0 Å². The van der Waals surface area contributed by atoms with Crippen LogP contribution in [0.1, 0.15) is 23.6 Å². The second-order valence-corrected chi connectivity index (χ2v) is 5.87. The molecule has 0 spiro atoms. The summed E-state index contributed by atoms with van der Waals surface area (Å²) < 4.78 is 26.3. The fourth-order valence-electron chi connectivity index (χ4n) is 3.16. The van der Waals surface area contributed by atoms with Crippen LogP contribution in [0.3, 0.4) is 0 Å². The molecule has 23 heavy (non-hydrogen) atoms. The zero-order valence-corrected chi connectivity index (χ0v) is 12.9. The first-order valence-electron chi connectivity index (χ1n) is 7.57. The van der Waals surface area contributed by atoms with Gasteiger partial charge in [0.1, 0.15) is 11.6 Å². The minimum absolute atomic E-state index is 0.132. The van der Waals surface area contributed by atoms with Crippen LogP contribution >= 0.6 is 0 Å². The molecule has 3 rings (SSSR count). The minimum Gasteiger partial charge on any atom is -0.325 e. The van der Waals surface area contributed by atoms with E-state index in [0.717, 1.165) is 31.0 Å². The van der Waals surface area contributed by atoms with Gasteiger partial charge >= 0.3 is 0 Å². The lowest BCUT2D eigenvalue weighted by atomic mass is 10.1. The van der Waals surface area contributed by atoms with E-state index in [4.69, 9.17) is 0 Å². The number of aryl methyl sites for hydroxylation is 1. The Balaban J connectivity index is 1.64. The van der Waals surface area contributed by atoms with E-state index in [-0.39, 0.29) is 24.2 Å². The molecule has 1 N–H and O–H groups in total. The van der Waals surface area contributed by atoms with E-state index in [1.54, 1.807) is 0 Å². The highest BCUT2D eigenvalue weighted by Gasteiger charge is 2.26. The number of benzene rings is 2. The Morgan fingerprint density at radius 3 is 2.65 bits per heavy atom. The van der Waals surface area contributed by atoms with Crippen LogP contribution in [-0.4, -0.2) is 24.4 Å². The van der Waals surface area contributed by atoms with Crippen molar-refractivity contribution in [3.63, 3.8) is 0 Å². The van der Waals surface area contributed by atoms with Gasteiger partial charge in [-0.3, -0.25) is 9.69 Å². The van der Waals surface area contributed by atoms with Crippen molar-refractivity contribution in [1.29, 1.82) is 0 Å². The number of rotatable bonds is 4. The number of carbonyl (C=O) groups excluding carboxylic acids is 1. The van der Waals surface area contributed by atoms with Gasteiger partial charge in [0.25, 0.3) is 0 Å². The van der Waals surface area contributed by atoms with Gasteiger partial charge in [-0.1, -0.05) is 24.3 Å². The maximum Gasteiger partial charge on any atom is 0.238 e. The normalized spacial score (nSPS) is 16.4. The first kappa shape index (κ1) is 15.6. The Hall–Kier alpha value is -2.27. The Bertz CT molecular complexity index is 712. The van der Waals surface area contributed by atoms with E-state index in [1.165, 1.54) is 11.1 Å². The predicted octanol–water partition coefficient (Wildman–Crippen LogP) is 3.52. The summed E-state index contributed by atoms with van der Waals surface area (Å²) in [7, 11) is 1.89. The van der Waals surface area contributed by atoms with E-state index in [0.29, 0.717) is 0 Å². The van der Waals surface area contributed by atoms with Crippen LogP contribution in [0.4, 0.5) is 14.5 Å². The van der Waals surface area contributed by atoms with E-state index < -0.39 is 11.6 Å². The summed E-state index contributed by atoms with van der Waals surface area (Å²) in [6, 6.07) is 11.4. The maximum absolute atomic E-state index is 13.2. The van der Waals surface area contributed by atoms with Gasteiger partial charge in [0, 0.05) is 17.8 Å². The molecular formula is C18H18F2N2O. The van der Waals surface area contributed by atoms with Crippen LogP contribution in [0, 0.1) is 11.6 Å². The van der Waals surface area contributed by atoms with Gasteiger partial charge in [0.05, 0.1) is 6.54 Å². The molecule has 1 aliphatic rings. The van der Waals surface area contributed by atoms with Crippen LogP contribution in [0.15, 0.2) is 42.5 Å². The number of nitrogens with zero attached hydrogens (tertiary/aromatic N) is 1. The van der Waals surface area contributed by atoms with Gasteiger partial charge in [0.15, 0.2) is 0 Å². The monoisotopic (exact) mass is 316 g/mol. The summed E-state index contributed by atoms with van der Waals surface area (Å²) in [5.74, 6) is -1.71. The minimum atomic E-state index is -0.710. The van der Waals surface area contributed by atoms with Gasteiger partial charge in [-0.05, 0) is 43.1 Å². The van der Waals surface area contributed by atoms with E-state index in [9.17, 15) is 13.6 Å². The lowest BCUT2D eigenvalue weighted by Gasteiger charge is -2.24. The standard InChI is InChI=1S/C18H18F2N2O/c1-22(17-7-6-12-4-2-3-5-16(12)17)11-18(23)21-15-9-13(19)8-14(20)10-15/h2-5,8-10,17H,6-7,11H2,1H3,(H,21,23)/t17-/m1/s1. The molecule has 3 nitrogen and oxygen atoms in total. The third-order valence-corrected chi connectivity index (χ3v) is 4.17. The smallest absolute Gasteiger partial charge is 0.238 e. The number of anilines is 1. The number of halogens is 2. The molecule has 1 aliphatic carbocycles. The van der Waals surface area contributed by atoms with E-state index >= 15 is 0 Å². The average Bonchev–Trinajstić information content (AvgIpc) is 2.89. The Morgan fingerprint density at radius 1 is 1.22 bits per heavy atom. The van der Waals surface area contributed by atoms with Gasteiger partial charge < -0.3 is 5.32 Å². The lowest BCUT2D eigenvalue weighted by Crippen LogP contribution is -2.32. The molecule has 0 radical (unpaired) electrons. The van der Waals surface area contributed by atoms with Crippen LogP contribution in [0.2, 0.25) is 0 Å². The summed E-state index contributed by atoms with van der Waals surface area (Å²) in [6.07, 6.45) is 1.97. The van der Waals surface area contributed by atoms with Crippen molar-refractivity contribution >= 4 is 11.6 Å². The molecule has 0 aromatic heterocycles. The fourth-order valence-corrected chi connectivity index (χ4v) is 3.16. The van der Waals surface area contributed by atoms with Crippen molar-refractivity contribution in [3.8, 4) is 0 Å². The highest BCUT2D eigenvalue weighted by molar-refractivity contribution is 5.92. The molecule has 0 heterocycles. The SMILES string of the molecule is CN(CC(=O)Nc1cc(F)cc(F)c1)[C@@H]1CCc2ccccc21. The fraction of sp³-hybridized carbons (Fsp3) is 0.278. The van der Waals surface area contributed by atoms with Crippen LogP contribution in [0.25, 0.3) is 0 Å². The van der Waals surface area contributed by atoms with E-state index in [1.807, 2.05) is 24.1 Å². The summed E-state index contributed by atoms with van der Waals surface area (Å²) in [6.45, 7) is 0.164. The molecule has 1 amide bonds. The number of nitrogens with one attached hydrogen (secondary N) is 1. The van der Waals surface area contributed by atoms with Crippen molar-refractivity contribution in [3.05, 3.63) is 65.2 Å². The molecule has 120 valence electrons. The topological polar surface area (TPSA) is 32.3 Å². The molecule has 0 aliphatic heterocycles. The van der Waals surface area contributed by atoms with Crippen LogP contribution in [0.5, 0.6) is 0 Å². The predicted molar refractivity (Wildman–Crippen MR) is 85.1 cm³/mol. The summed E-state index contributed by atoms with van der Waals surface area (Å²) >= 11 is 0. The highest BCUT2D eigenvalue weighted by Crippen LogP contribution is 2.34. The molecule has 0 unspecified atom stereocenters. The Morgan fingerprint density at radius 2 is 1.91 bits per heavy atom. The van der Waals surface area contributed by atoms with Crippen molar-refractivity contribution in [2.75, 3.05) is 18.9 Å². The van der Waals surface area contributed by atoms with Crippen molar-refractivity contribution < 1.29 is 13.6 Å². The Labute approximate surface area is 133 Å². The van der Waals surface area contributed by atoms with Gasteiger partial charge in [-0.25, -0.2) is 8.78 Å². The zero-order chi connectivity index (χ0) is 16.4. The molecule has 2 aromatic carbocycles. The second-order valence-electron chi connectivity index (χ2n) is 5.87. The van der Waals surface area contributed by atoms with Gasteiger partial charge in [-0.2, -0.15) is 0 Å². The first-order chi connectivity index (χ1) is 11.0. The van der Waals surface area contributed by atoms with Crippen LogP contribution in [-0.2, 0) is 11.2 Å². The van der Waals surface area contributed by atoms with Crippen molar-refractivity contribution in [2.45, 2.75) is 18.9 Å². The molecule has 0 saturated carbocycles. The van der Waals surface area contributed by atoms with E-state index in [2.05, 4.69) is 17.4 Å². The molecule has 0 bridgehead atoms. The Kier molecular flexibility index (Phi) is 4.39. The maximum atomic E-state index is 13.2. The number of hydrogen-bond acceptors (Lipinski definition) is 2. The largest absolute Gasteiger partial charge is 0.325 e. The van der Waals surface area contributed by atoms with Gasteiger partial charge in [-0.15, -0.1) is 0 Å². The molecule has 0 saturated heterocycles. The number of likely N-dealkylation sites (N-methyl/N-ethyl adjacent to an activating group) is 1. The molecule has 0 fully saturated rings.